The molecule has 0 aromatic heterocycles. The maximum Gasteiger partial charge on any atom is 2.00 e. The monoisotopic (exact) mass is 256 g/mol. The first-order valence-corrected chi connectivity index (χ1v) is 4.96. The van der Waals surface area contributed by atoms with E-state index in [-0.39, 0.29) is 40.0 Å². The van der Waals surface area contributed by atoms with Crippen LogP contribution in [-0.2, 0) is 0 Å². The van der Waals surface area contributed by atoms with Crippen LogP contribution in [0.15, 0.2) is 0 Å². The van der Waals surface area contributed by atoms with Crippen molar-refractivity contribution in [1.29, 1.82) is 0 Å². The second-order valence-corrected chi connectivity index (χ2v) is 4.59. The molecule has 74 valence electrons. The molecular weight excluding hydrogens is 236 g/mol. The molecule has 13 heavy (non-hydrogen) atoms. The Balaban J connectivity index is 0. The first-order chi connectivity index (χ1) is 5.11. The standard InChI is InChI=1S/C11H21.BrH.Mg/c1-8(2)10-5-6-11(7-10)9(3)4;;/h7-11H,5-6H2,1-4H3;1H;/q-1;;+2/p-1. The van der Waals surface area contributed by atoms with Crippen LogP contribution in [0.5, 0.6) is 0 Å². The molecule has 0 heterocycles. The molecule has 0 N–H and O–H groups in total. The van der Waals surface area contributed by atoms with Crippen molar-refractivity contribution in [3.63, 3.8) is 0 Å². The molecule has 0 aliphatic heterocycles. The zero-order valence-corrected chi connectivity index (χ0v) is 12.4. The second-order valence-electron chi connectivity index (χ2n) is 4.59. The molecule has 1 aliphatic carbocycles. The molecule has 0 saturated heterocycles. The number of hydrogen-bond acceptors (Lipinski definition) is 0. The van der Waals surface area contributed by atoms with E-state index in [9.17, 15) is 0 Å². The predicted octanol–water partition coefficient (Wildman–Crippen LogP) is 0.152. The molecule has 2 unspecified atom stereocenters. The smallest absolute Gasteiger partial charge is 1.00 e. The van der Waals surface area contributed by atoms with Crippen LogP contribution >= 0.6 is 0 Å². The summed E-state index contributed by atoms with van der Waals surface area (Å²) >= 11 is 0. The van der Waals surface area contributed by atoms with E-state index in [0.29, 0.717) is 0 Å². The maximum atomic E-state index is 2.59. The van der Waals surface area contributed by atoms with Crippen LogP contribution in [0.25, 0.3) is 0 Å². The van der Waals surface area contributed by atoms with Crippen molar-refractivity contribution in [2.45, 2.75) is 40.5 Å². The fraction of sp³-hybridized carbons (Fsp3) is 0.909. The van der Waals surface area contributed by atoms with Crippen LogP contribution in [0.4, 0.5) is 0 Å². The van der Waals surface area contributed by atoms with Gasteiger partial charge in [0.1, 0.15) is 0 Å². The molecule has 1 rings (SSSR count). The Hall–Kier alpha value is 1.25. The van der Waals surface area contributed by atoms with Gasteiger partial charge in [0.05, 0.1) is 0 Å². The SMILES string of the molecule is CC(C)C1[CH-]C(C(C)C)CC1.[Br-].[Mg+2]. The number of halogens is 1. The molecule has 2 heteroatoms. The summed E-state index contributed by atoms with van der Waals surface area (Å²) < 4.78 is 0. The number of rotatable bonds is 2. The van der Waals surface area contributed by atoms with Gasteiger partial charge in [-0.3, -0.25) is 0 Å². The summed E-state index contributed by atoms with van der Waals surface area (Å²) in [5.74, 6) is 3.53. The van der Waals surface area contributed by atoms with Gasteiger partial charge in [0, 0.05) is 0 Å². The van der Waals surface area contributed by atoms with Crippen molar-refractivity contribution >= 4 is 23.1 Å². The van der Waals surface area contributed by atoms with Crippen LogP contribution < -0.4 is 17.0 Å². The van der Waals surface area contributed by atoms with Gasteiger partial charge in [-0.1, -0.05) is 52.4 Å². The van der Waals surface area contributed by atoms with Gasteiger partial charge in [0.2, 0.25) is 0 Å². The van der Waals surface area contributed by atoms with E-state index in [1.165, 1.54) is 12.8 Å². The summed E-state index contributed by atoms with van der Waals surface area (Å²) in [4.78, 5) is 0. The molecule has 0 nitrogen and oxygen atoms in total. The Labute approximate surface area is 110 Å². The molecule has 2 atom stereocenters. The Morgan fingerprint density at radius 2 is 1.23 bits per heavy atom. The molecule has 1 aliphatic rings. The first-order valence-electron chi connectivity index (χ1n) is 4.96. The summed E-state index contributed by atoms with van der Waals surface area (Å²) in [6.45, 7) is 9.35. The van der Waals surface area contributed by atoms with Crippen LogP contribution in [0.2, 0.25) is 0 Å². The van der Waals surface area contributed by atoms with Crippen LogP contribution in [-0.4, -0.2) is 23.1 Å². The molecule has 0 aromatic rings. The van der Waals surface area contributed by atoms with E-state index in [2.05, 4.69) is 34.1 Å². The van der Waals surface area contributed by atoms with Crippen LogP contribution in [0.1, 0.15) is 40.5 Å². The second kappa shape index (κ2) is 7.53. The average Bonchev–Trinajstić information content (AvgIpc) is 2.33. The van der Waals surface area contributed by atoms with Gasteiger partial charge in [-0.15, -0.1) is 0 Å². The molecule has 1 saturated carbocycles. The topological polar surface area (TPSA) is 0 Å². The van der Waals surface area contributed by atoms with Gasteiger partial charge in [0.25, 0.3) is 0 Å². The minimum atomic E-state index is 0. The zero-order chi connectivity index (χ0) is 8.43. The Morgan fingerprint density at radius 3 is 1.38 bits per heavy atom. The van der Waals surface area contributed by atoms with E-state index < -0.39 is 0 Å². The largest absolute Gasteiger partial charge is 2.00 e. The third kappa shape index (κ3) is 5.03. The molecule has 0 radical (unpaired) electrons. The van der Waals surface area contributed by atoms with E-state index in [4.69, 9.17) is 0 Å². The van der Waals surface area contributed by atoms with E-state index in [1.807, 2.05) is 0 Å². The summed E-state index contributed by atoms with van der Waals surface area (Å²) in [6, 6.07) is 0. The van der Waals surface area contributed by atoms with Gasteiger partial charge < -0.3 is 23.4 Å². The van der Waals surface area contributed by atoms with Crippen LogP contribution in [0, 0.1) is 30.1 Å². The third-order valence-electron chi connectivity index (χ3n) is 3.04. The molecule has 1 fully saturated rings. The normalized spacial score (nSPS) is 27.2. The van der Waals surface area contributed by atoms with Crippen LogP contribution in [0.3, 0.4) is 0 Å². The van der Waals surface area contributed by atoms with Crippen molar-refractivity contribution < 1.29 is 17.0 Å². The fourth-order valence-corrected chi connectivity index (χ4v) is 2.01. The number of hydrogen-bond donors (Lipinski definition) is 0. The van der Waals surface area contributed by atoms with Crippen molar-refractivity contribution in [2.24, 2.45) is 23.7 Å². The molecule has 0 spiro atoms. The average molecular weight is 257 g/mol. The maximum absolute atomic E-state index is 2.59. The van der Waals surface area contributed by atoms with E-state index >= 15 is 0 Å². The summed E-state index contributed by atoms with van der Waals surface area (Å²) in [7, 11) is 0. The third-order valence-corrected chi connectivity index (χ3v) is 3.04. The Morgan fingerprint density at radius 1 is 0.923 bits per heavy atom. The first kappa shape index (κ1) is 16.7. The minimum Gasteiger partial charge on any atom is -1.00 e. The molecule has 0 aromatic carbocycles. The Bertz CT molecular complexity index is 109. The van der Waals surface area contributed by atoms with Crippen molar-refractivity contribution in [2.75, 3.05) is 0 Å². The quantitative estimate of drug-likeness (QED) is 0.488. The van der Waals surface area contributed by atoms with Gasteiger partial charge in [-0.25, -0.2) is 0 Å². The van der Waals surface area contributed by atoms with Crippen molar-refractivity contribution in [1.82, 2.24) is 0 Å². The molecule has 0 amide bonds. The summed E-state index contributed by atoms with van der Waals surface area (Å²) in [5.41, 5.74) is 0. The molecule has 0 bridgehead atoms. The summed E-state index contributed by atoms with van der Waals surface area (Å²) in [6.07, 6.45) is 5.45. The summed E-state index contributed by atoms with van der Waals surface area (Å²) in [5, 5.41) is 0. The minimum absolute atomic E-state index is 0. The van der Waals surface area contributed by atoms with E-state index in [1.54, 1.807) is 0 Å². The predicted molar refractivity (Wildman–Crippen MR) is 55.9 cm³/mol. The van der Waals surface area contributed by atoms with Gasteiger partial charge >= 0.3 is 23.1 Å². The van der Waals surface area contributed by atoms with Crippen molar-refractivity contribution in [3.8, 4) is 0 Å². The van der Waals surface area contributed by atoms with Gasteiger partial charge in [-0.2, -0.15) is 11.8 Å². The zero-order valence-electron chi connectivity index (χ0n) is 9.39. The van der Waals surface area contributed by atoms with Gasteiger partial charge in [0.15, 0.2) is 0 Å². The van der Waals surface area contributed by atoms with E-state index in [0.717, 1.165) is 23.7 Å². The molecular formula is C11H21BrMg. The fourth-order valence-electron chi connectivity index (χ4n) is 2.01. The van der Waals surface area contributed by atoms with Gasteiger partial charge in [-0.05, 0) is 0 Å². The van der Waals surface area contributed by atoms with Crippen molar-refractivity contribution in [3.05, 3.63) is 6.42 Å². The Kier molecular flexibility index (Phi) is 9.65.